The zero-order valence-corrected chi connectivity index (χ0v) is 20.0. The second-order valence-corrected chi connectivity index (χ2v) is 8.61. The number of Topliss-reactive ketones (excluding diaryl/α,β-unsaturated/α-hetero) is 1. The van der Waals surface area contributed by atoms with Crippen molar-refractivity contribution in [1.82, 2.24) is 4.90 Å². The van der Waals surface area contributed by atoms with Crippen LogP contribution < -0.4 is 10.1 Å². The van der Waals surface area contributed by atoms with E-state index in [9.17, 15) is 18.4 Å². The van der Waals surface area contributed by atoms with Gasteiger partial charge in [-0.15, -0.1) is 11.3 Å². The number of ketones is 1. The summed E-state index contributed by atoms with van der Waals surface area (Å²) in [7, 11) is 1.31. The standard InChI is InChI=1S/C22H24F2N2O5S2/c1-4-17(27)13-7-15(23)19(16(24)8-13)31-10-14-9-26(5-6-30-14)22(32)25-18-12(2)11-33-20(18)21(28)29-3/h7-8,11,14H,4-6,9-10H2,1-3H3,(H,25,32). The highest BCUT2D eigenvalue weighted by Crippen LogP contribution is 2.29. The van der Waals surface area contributed by atoms with E-state index in [0.717, 1.165) is 17.7 Å². The number of benzene rings is 1. The highest BCUT2D eigenvalue weighted by molar-refractivity contribution is 7.80. The number of carbonyl (C=O) groups is 2. The van der Waals surface area contributed by atoms with Crippen LogP contribution in [-0.2, 0) is 9.47 Å². The topological polar surface area (TPSA) is 77.1 Å². The lowest BCUT2D eigenvalue weighted by Crippen LogP contribution is -2.49. The number of nitrogens with zero attached hydrogens (tertiary/aromatic N) is 1. The molecule has 0 spiro atoms. The average molecular weight is 499 g/mol. The number of methoxy groups -OCH3 is 1. The fourth-order valence-corrected chi connectivity index (χ4v) is 4.46. The van der Waals surface area contributed by atoms with Crippen molar-refractivity contribution < 1.29 is 32.6 Å². The lowest BCUT2D eigenvalue weighted by Gasteiger charge is -2.34. The van der Waals surface area contributed by atoms with Crippen molar-refractivity contribution in [3.8, 4) is 5.75 Å². The van der Waals surface area contributed by atoms with Crippen molar-refractivity contribution in [2.24, 2.45) is 0 Å². The Morgan fingerprint density at radius 3 is 2.67 bits per heavy atom. The molecule has 1 fully saturated rings. The molecule has 0 saturated carbocycles. The fourth-order valence-electron chi connectivity index (χ4n) is 3.27. The third-order valence-electron chi connectivity index (χ3n) is 5.06. The summed E-state index contributed by atoms with van der Waals surface area (Å²) in [5, 5.41) is 5.31. The molecule has 1 N–H and O–H groups in total. The van der Waals surface area contributed by atoms with E-state index in [1.165, 1.54) is 18.4 Å². The predicted molar refractivity (Wildman–Crippen MR) is 124 cm³/mol. The van der Waals surface area contributed by atoms with Crippen molar-refractivity contribution in [1.29, 1.82) is 0 Å². The number of nitrogens with one attached hydrogen (secondary N) is 1. The summed E-state index contributed by atoms with van der Waals surface area (Å²) in [6.07, 6.45) is -0.358. The lowest BCUT2D eigenvalue weighted by atomic mass is 10.1. The Morgan fingerprint density at radius 2 is 2.03 bits per heavy atom. The second kappa shape index (κ2) is 11.0. The Hall–Kier alpha value is -2.63. The molecule has 1 aliphatic heterocycles. The summed E-state index contributed by atoms with van der Waals surface area (Å²) in [5.41, 5.74) is 1.40. The van der Waals surface area contributed by atoms with E-state index < -0.39 is 29.5 Å². The van der Waals surface area contributed by atoms with Gasteiger partial charge in [-0.25, -0.2) is 13.6 Å². The van der Waals surface area contributed by atoms with Gasteiger partial charge in [0.15, 0.2) is 28.3 Å². The van der Waals surface area contributed by atoms with Crippen molar-refractivity contribution in [2.75, 3.05) is 38.7 Å². The molecule has 33 heavy (non-hydrogen) atoms. The zero-order valence-electron chi connectivity index (χ0n) is 18.4. The molecule has 1 saturated heterocycles. The van der Waals surface area contributed by atoms with E-state index in [2.05, 4.69) is 5.32 Å². The van der Waals surface area contributed by atoms with E-state index in [0.29, 0.717) is 35.4 Å². The number of morpholine rings is 1. The van der Waals surface area contributed by atoms with Crippen LogP contribution in [0, 0.1) is 18.6 Å². The number of thiocarbonyl (C=S) groups is 1. The molecule has 7 nitrogen and oxygen atoms in total. The first-order valence-corrected chi connectivity index (χ1v) is 11.5. The fraction of sp³-hybridized carbons (Fsp3) is 0.409. The van der Waals surface area contributed by atoms with Gasteiger partial charge in [0.1, 0.15) is 17.6 Å². The highest BCUT2D eigenvalue weighted by atomic mass is 32.1. The molecule has 1 aliphatic rings. The van der Waals surface area contributed by atoms with Crippen molar-refractivity contribution in [2.45, 2.75) is 26.4 Å². The van der Waals surface area contributed by atoms with Gasteiger partial charge in [0.2, 0.25) is 0 Å². The smallest absolute Gasteiger partial charge is 0.350 e. The van der Waals surface area contributed by atoms with Crippen LogP contribution in [0.3, 0.4) is 0 Å². The minimum atomic E-state index is -0.945. The molecule has 0 amide bonds. The van der Waals surface area contributed by atoms with E-state index in [-0.39, 0.29) is 24.4 Å². The SMILES string of the molecule is CCC(=O)c1cc(F)c(OCC2CN(C(=S)Nc3c(C)csc3C(=O)OC)CCO2)c(F)c1. The highest BCUT2D eigenvalue weighted by Gasteiger charge is 2.26. The van der Waals surface area contributed by atoms with Crippen molar-refractivity contribution >= 4 is 46.1 Å². The summed E-state index contributed by atoms with van der Waals surface area (Å²) in [5.74, 6) is -3.26. The minimum Gasteiger partial charge on any atom is -0.485 e. The van der Waals surface area contributed by atoms with Gasteiger partial charge in [0.25, 0.3) is 0 Å². The summed E-state index contributed by atoms with van der Waals surface area (Å²) in [6, 6.07) is 1.94. The van der Waals surface area contributed by atoms with E-state index in [1.807, 2.05) is 17.2 Å². The number of hydrogen-bond acceptors (Lipinski definition) is 7. The van der Waals surface area contributed by atoms with Gasteiger partial charge in [0.05, 0.1) is 19.4 Å². The molecule has 1 aromatic heterocycles. The van der Waals surface area contributed by atoms with Gasteiger partial charge in [-0.2, -0.15) is 0 Å². The van der Waals surface area contributed by atoms with Crippen LogP contribution in [0.5, 0.6) is 5.75 Å². The Labute approximate surface area is 199 Å². The van der Waals surface area contributed by atoms with Crippen molar-refractivity contribution in [3.05, 3.63) is 45.2 Å². The number of thiophene rings is 1. The van der Waals surface area contributed by atoms with Crippen LogP contribution in [0.25, 0.3) is 0 Å². The maximum atomic E-state index is 14.3. The molecular weight excluding hydrogens is 474 g/mol. The molecule has 178 valence electrons. The quantitative estimate of drug-likeness (QED) is 0.346. The number of aryl methyl sites for hydroxylation is 1. The van der Waals surface area contributed by atoms with Gasteiger partial charge >= 0.3 is 5.97 Å². The first-order chi connectivity index (χ1) is 15.7. The normalized spacial score (nSPS) is 15.8. The van der Waals surface area contributed by atoms with Crippen LogP contribution in [0.2, 0.25) is 0 Å². The van der Waals surface area contributed by atoms with E-state index in [4.69, 9.17) is 26.4 Å². The first kappa shape index (κ1) is 25.0. The number of halogens is 2. The summed E-state index contributed by atoms with van der Waals surface area (Å²) in [6.45, 7) is 4.50. The average Bonchev–Trinajstić information content (AvgIpc) is 3.17. The Balaban J connectivity index is 1.63. The Kier molecular flexibility index (Phi) is 8.33. The summed E-state index contributed by atoms with van der Waals surface area (Å²) >= 11 is 6.76. The van der Waals surface area contributed by atoms with Gasteiger partial charge in [-0.05, 0) is 42.2 Å². The minimum absolute atomic E-state index is 0.0357. The molecule has 0 bridgehead atoms. The van der Waals surface area contributed by atoms with Gasteiger partial charge in [-0.3, -0.25) is 4.79 Å². The maximum absolute atomic E-state index is 14.3. The van der Waals surface area contributed by atoms with Crippen LogP contribution >= 0.6 is 23.6 Å². The predicted octanol–water partition coefficient (Wildman–Crippen LogP) is 4.19. The molecule has 2 heterocycles. The number of rotatable bonds is 7. The largest absolute Gasteiger partial charge is 0.485 e. The van der Waals surface area contributed by atoms with E-state index in [1.54, 1.807) is 6.92 Å². The van der Waals surface area contributed by atoms with Crippen LogP contribution in [0.15, 0.2) is 17.5 Å². The number of hydrogen-bond donors (Lipinski definition) is 1. The lowest BCUT2D eigenvalue weighted by molar-refractivity contribution is -0.0291. The number of carbonyl (C=O) groups excluding carboxylic acids is 2. The Morgan fingerprint density at radius 1 is 1.33 bits per heavy atom. The molecular formula is C22H24F2N2O5S2. The van der Waals surface area contributed by atoms with Gasteiger partial charge < -0.3 is 24.4 Å². The first-order valence-electron chi connectivity index (χ1n) is 10.2. The Bertz CT molecular complexity index is 1040. The second-order valence-electron chi connectivity index (χ2n) is 7.34. The number of ether oxygens (including phenoxy) is 3. The number of esters is 1. The molecule has 1 atom stereocenters. The van der Waals surface area contributed by atoms with Crippen LogP contribution in [-0.4, -0.2) is 61.3 Å². The van der Waals surface area contributed by atoms with Crippen LogP contribution in [0.1, 0.15) is 38.9 Å². The third-order valence-corrected chi connectivity index (χ3v) is 6.50. The molecule has 1 unspecified atom stereocenters. The van der Waals surface area contributed by atoms with E-state index >= 15 is 0 Å². The van der Waals surface area contributed by atoms with Gasteiger partial charge in [-0.1, -0.05) is 6.92 Å². The molecule has 1 aromatic carbocycles. The zero-order chi connectivity index (χ0) is 24.1. The summed E-state index contributed by atoms with van der Waals surface area (Å²) in [4.78, 5) is 25.9. The van der Waals surface area contributed by atoms with Gasteiger partial charge in [0, 0.05) is 25.1 Å². The molecule has 3 rings (SSSR count). The third kappa shape index (κ3) is 5.84. The molecule has 0 radical (unpaired) electrons. The van der Waals surface area contributed by atoms with Crippen molar-refractivity contribution in [3.63, 3.8) is 0 Å². The molecule has 11 heteroatoms. The number of anilines is 1. The molecule has 2 aromatic rings. The maximum Gasteiger partial charge on any atom is 0.350 e. The van der Waals surface area contributed by atoms with Crippen LogP contribution in [0.4, 0.5) is 14.5 Å². The monoisotopic (exact) mass is 498 g/mol. The molecule has 0 aliphatic carbocycles. The summed E-state index contributed by atoms with van der Waals surface area (Å²) < 4.78 is 44.4.